The molecule has 0 aliphatic carbocycles. The van der Waals surface area contributed by atoms with Crippen LogP contribution in [-0.2, 0) is 9.53 Å². The molecular weight excluding hydrogens is 278 g/mol. The van der Waals surface area contributed by atoms with Crippen LogP contribution in [0.1, 0.15) is 22.5 Å². The van der Waals surface area contributed by atoms with E-state index in [0.29, 0.717) is 23.7 Å². The highest BCUT2D eigenvalue weighted by Gasteiger charge is 2.26. The minimum Gasteiger partial charge on any atom is -0.397 e. The SMILES string of the molecule is COCC(=O)NC1CCN(C(=O)c2sccc2N)CC1. The van der Waals surface area contributed by atoms with Crippen molar-refractivity contribution < 1.29 is 14.3 Å². The van der Waals surface area contributed by atoms with Gasteiger partial charge in [-0.2, -0.15) is 0 Å². The van der Waals surface area contributed by atoms with Crippen molar-refractivity contribution >= 4 is 28.8 Å². The van der Waals surface area contributed by atoms with Crippen LogP contribution in [0.4, 0.5) is 5.69 Å². The first-order valence-electron chi connectivity index (χ1n) is 6.52. The number of nitrogen functional groups attached to an aromatic ring is 1. The second kappa shape index (κ2) is 6.71. The van der Waals surface area contributed by atoms with Crippen molar-refractivity contribution in [3.63, 3.8) is 0 Å². The van der Waals surface area contributed by atoms with E-state index in [9.17, 15) is 9.59 Å². The molecule has 0 radical (unpaired) electrons. The lowest BCUT2D eigenvalue weighted by Crippen LogP contribution is -2.47. The van der Waals surface area contributed by atoms with Crippen LogP contribution in [-0.4, -0.2) is 49.6 Å². The minimum atomic E-state index is -0.111. The summed E-state index contributed by atoms with van der Waals surface area (Å²) < 4.78 is 4.78. The Labute approximate surface area is 121 Å². The highest BCUT2D eigenvalue weighted by atomic mass is 32.1. The molecule has 1 fully saturated rings. The molecule has 1 saturated heterocycles. The predicted octanol–water partition coefficient (Wildman–Crippen LogP) is 0.698. The molecule has 0 unspecified atom stereocenters. The number of hydrogen-bond donors (Lipinski definition) is 2. The Bertz CT molecular complexity index is 481. The molecule has 20 heavy (non-hydrogen) atoms. The molecule has 0 aromatic carbocycles. The molecule has 1 aliphatic heterocycles. The van der Waals surface area contributed by atoms with Crippen molar-refractivity contribution in [3.05, 3.63) is 16.3 Å². The zero-order valence-corrected chi connectivity index (χ0v) is 12.2. The second-order valence-electron chi connectivity index (χ2n) is 4.77. The highest BCUT2D eigenvalue weighted by molar-refractivity contribution is 7.12. The predicted molar refractivity (Wildman–Crippen MR) is 77.7 cm³/mol. The summed E-state index contributed by atoms with van der Waals surface area (Å²) in [5.74, 6) is -0.126. The number of anilines is 1. The molecule has 2 amide bonds. The normalized spacial score (nSPS) is 16.1. The van der Waals surface area contributed by atoms with Crippen LogP contribution < -0.4 is 11.1 Å². The number of carbonyl (C=O) groups is 2. The number of ether oxygens (including phenoxy) is 1. The zero-order chi connectivity index (χ0) is 14.5. The number of nitrogens with one attached hydrogen (secondary N) is 1. The molecule has 2 heterocycles. The largest absolute Gasteiger partial charge is 0.397 e. The fourth-order valence-electron chi connectivity index (χ4n) is 2.26. The molecule has 110 valence electrons. The van der Waals surface area contributed by atoms with Crippen LogP contribution in [0.5, 0.6) is 0 Å². The van der Waals surface area contributed by atoms with E-state index in [2.05, 4.69) is 5.32 Å². The average molecular weight is 297 g/mol. The number of nitrogens with zero attached hydrogens (tertiary/aromatic N) is 1. The van der Waals surface area contributed by atoms with Gasteiger partial charge in [0.15, 0.2) is 0 Å². The topological polar surface area (TPSA) is 84.7 Å². The van der Waals surface area contributed by atoms with Crippen LogP contribution >= 0.6 is 11.3 Å². The van der Waals surface area contributed by atoms with Gasteiger partial charge in [-0.25, -0.2) is 0 Å². The van der Waals surface area contributed by atoms with Crippen LogP contribution in [0.2, 0.25) is 0 Å². The molecule has 6 nitrogen and oxygen atoms in total. The summed E-state index contributed by atoms with van der Waals surface area (Å²) in [6, 6.07) is 1.86. The molecule has 1 aromatic rings. The third-order valence-corrected chi connectivity index (χ3v) is 4.23. The fraction of sp³-hybridized carbons (Fsp3) is 0.538. The number of hydrogen-bond acceptors (Lipinski definition) is 5. The molecular formula is C13H19N3O3S. The maximum absolute atomic E-state index is 12.3. The van der Waals surface area contributed by atoms with E-state index in [4.69, 9.17) is 10.5 Å². The number of rotatable bonds is 4. The summed E-state index contributed by atoms with van der Waals surface area (Å²) in [6.45, 7) is 1.34. The molecule has 1 aromatic heterocycles. The Morgan fingerprint density at radius 3 is 2.75 bits per heavy atom. The lowest BCUT2D eigenvalue weighted by atomic mass is 10.0. The molecule has 0 saturated carbocycles. The summed E-state index contributed by atoms with van der Waals surface area (Å²) in [4.78, 5) is 26.1. The lowest BCUT2D eigenvalue weighted by molar-refractivity contribution is -0.125. The number of methoxy groups -OCH3 is 1. The molecule has 0 bridgehead atoms. The maximum atomic E-state index is 12.3. The first-order valence-corrected chi connectivity index (χ1v) is 7.40. The second-order valence-corrected chi connectivity index (χ2v) is 5.69. The summed E-state index contributed by atoms with van der Waals surface area (Å²) in [5, 5.41) is 4.72. The van der Waals surface area contributed by atoms with Crippen molar-refractivity contribution in [1.82, 2.24) is 10.2 Å². The summed E-state index contributed by atoms with van der Waals surface area (Å²) in [7, 11) is 1.49. The maximum Gasteiger partial charge on any atom is 0.266 e. The number of likely N-dealkylation sites (tertiary alicyclic amines) is 1. The highest BCUT2D eigenvalue weighted by Crippen LogP contribution is 2.22. The van der Waals surface area contributed by atoms with E-state index in [1.165, 1.54) is 18.4 Å². The van der Waals surface area contributed by atoms with E-state index in [0.717, 1.165) is 12.8 Å². The van der Waals surface area contributed by atoms with E-state index in [1.807, 2.05) is 5.38 Å². The van der Waals surface area contributed by atoms with E-state index >= 15 is 0 Å². The minimum absolute atomic E-state index is 0.0147. The first kappa shape index (κ1) is 14.8. The number of amides is 2. The summed E-state index contributed by atoms with van der Waals surface area (Å²) >= 11 is 1.37. The van der Waals surface area contributed by atoms with Gasteiger partial charge in [0.25, 0.3) is 5.91 Å². The van der Waals surface area contributed by atoms with Gasteiger partial charge in [0, 0.05) is 26.2 Å². The van der Waals surface area contributed by atoms with Crippen molar-refractivity contribution in [3.8, 4) is 0 Å². The van der Waals surface area contributed by atoms with Gasteiger partial charge in [0.1, 0.15) is 11.5 Å². The number of piperidine rings is 1. The Kier molecular flexibility index (Phi) is 4.97. The Morgan fingerprint density at radius 2 is 2.20 bits per heavy atom. The Morgan fingerprint density at radius 1 is 1.50 bits per heavy atom. The molecule has 0 atom stereocenters. The van der Waals surface area contributed by atoms with Gasteiger partial charge in [0.2, 0.25) is 5.91 Å². The van der Waals surface area contributed by atoms with Crippen molar-refractivity contribution in [2.24, 2.45) is 0 Å². The van der Waals surface area contributed by atoms with Gasteiger partial charge in [-0.3, -0.25) is 9.59 Å². The van der Waals surface area contributed by atoms with Crippen LogP contribution in [0, 0.1) is 0 Å². The Hall–Kier alpha value is -1.60. The quantitative estimate of drug-likeness (QED) is 0.856. The first-order chi connectivity index (χ1) is 9.61. The van der Waals surface area contributed by atoms with E-state index < -0.39 is 0 Å². The number of carbonyl (C=O) groups excluding carboxylic acids is 2. The molecule has 2 rings (SSSR count). The monoisotopic (exact) mass is 297 g/mol. The Balaban J connectivity index is 1.84. The van der Waals surface area contributed by atoms with Crippen LogP contribution in [0.25, 0.3) is 0 Å². The van der Waals surface area contributed by atoms with Crippen LogP contribution in [0.3, 0.4) is 0 Å². The smallest absolute Gasteiger partial charge is 0.266 e. The number of nitrogens with two attached hydrogens (primary N) is 1. The third kappa shape index (κ3) is 3.49. The third-order valence-electron chi connectivity index (χ3n) is 3.31. The summed E-state index contributed by atoms with van der Waals surface area (Å²) in [6.07, 6.45) is 1.51. The fourth-order valence-corrected chi connectivity index (χ4v) is 3.05. The summed E-state index contributed by atoms with van der Waals surface area (Å²) in [5.41, 5.74) is 6.30. The number of thiophene rings is 1. The van der Waals surface area contributed by atoms with Gasteiger partial charge in [-0.1, -0.05) is 0 Å². The molecule has 7 heteroatoms. The van der Waals surface area contributed by atoms with Crippen LogP contribution in [0.15, 0.2) is 11.4 Å². The van der Waals surface area contributed by atoms with Gasteiger partial charge < -0.3 is 20.7 Å². The van der Waals surface area contributed by atoms with Gasteiger partial charge in [0.05, 0.1) is 5.69 Å². The van der Waals surface area contributed by atoms with Gasteiger partial charge >= 0.3 is 0 Å². The molecule has 3 N–H and O–H groups in total. The van der Waals surface area contributed by atoms with Crippen molar-refractivity contribution in [2.45, 2.75) is 18.9 Å². The van der Waals surface area contributed by atoms with Crippen molar-refractivity contribution in [2.75, 3.05) is 32.5 Å². The van der Waals surface area contributed by atoms with E-state index in [-0.39, 0.29) is 24.5 Å². The average Bonchev–Trinajstić information content (AvgIpc) is 2.85. The van der Waals surface area contributed by atoms with E-state index in [1.54, 1.807) is 11.0 Å². The molecule has 0 spiro atoms. The van der Waals surface area contributed by atoms with Gasteiger partial charge in [-0.15, -0.1) is 11.3 Å². The van der Waals surface area contributed by atoms with Gasteiger partial charge in [-0.05, 0) is 24.3 Å². The molecule has 1 aliphatic rings. The zero-order valence-electron chi connectivity index (χ0n) is 11.4. The standard InChI is InChI=1S/C13H19N3O3S/c1-19-8-11(17)15-9-2-5-16(6-3-9)13(18)12-10(14)4-7-20-12/h4,7,9H,2-3,5-6,8,14H2,1H3,(H,15,17). The van der Waals surface area contributed by atoms with Crippen molar-refractivity contribution in [1.29, 1.82) is 0 Å². The lowest BCUT2D eigenvalue weighted by Gasteiger charge is -2.32.